The van der Waals surface area contributed by atoms with Crippen molar-refractivity contribution in [2.75, 3.05) is 6.61 Å². The van der Waals surface area contributed by atoms with Crippen molar-refractivity contribution < 1.29 is 60.9 Å². The normalized spacial score (nSPS) is 15.1. The number of aliphatic hydroxyl groups is 1. The van der Waals surface area contributed by atoms with E-state index in [2.05, 4.69) is 68.0 Å². The summed E-state index contributed by atoms with van der Waals surface area (Å²) < 4.78 is 35.6. The maximum atomic E-state index is 13.6. The van der Waals surface area contributed by atoms with Gasteiger partial charge >= 0.3 is 25.0 Å². The number of rotatable bonds is 10. The minimum atomic E-state index is -1.69. The largest absolute Gasteiger partial charge is 1.00 e. The van der Waals surface area contributed by atoms with E-state index in [4.69, 9.17) is 37.3 Å². The van der Waals surface area contributed by atoms with E-state index >= 15 is 0 Å². The summed E-state index contributed by atoms with van der Waals surface area (Å²) in [5, 5.41) is 23.0. The zero-order valence-electron chi connectivity index (χ0n) is 53.2. The molecule has 17 nitrogen and oxygen atoms in total. The number of hydrogen-bond donors (Lipinski definition) is 2. The Bertz CT molecular complexity index is 4380. The van der Waals surface area contributed by atoms with Gasteiger partial charge in [-0.05, 0) is 194 Å². The molecule has 1 aliphatic heterocycles. The fourth-order valence-electron chi connectivity index (χ4n) is 11.0. The van der Waals surface area contributed by atoms with Gasteiger partial charge in [-0.25, -0.2) is 19.3 Å². The van der Waals surface area contributed by atoms with Crippen LogP contribution in [0.2, 0.25) is 0 Å². The van der Waals surface area contributed by atoms with Crippen molar-refractivity contribution in [3.05, 3.63) is 208 Å². The van der Waals surface area contributed by atoms with Gasteiger partial charge in [0.05, 0.1) is 45.3 Å². The van der Waals surface area contributed by atoms with Crippen LogP contribution in [0.3, 0.4) is 0 Å². The summed E-state index contributed by atoms with van der Waals surface area (Å²) in [6.07, 6.45) is 12.2. The smallest absolute Gasteiger partial charge is 0.457 e. The molecule has 12 aromatic rings. The van der Waals surface area contributed by atoms with E-state index in [0.29, 0.717) is 85.5 Å². The molecule has 0 radical (unpaired) electrons. The SMILES string of the molecule is Brc1cc2ccccc2o1.CC1CCCO1.Cc1noc(C)c1-c1cc(C(=O)c2ccccn2)c2nc(C3CC3)n(C(=O)OC(C)(C)C)c2c1.Cc1noc(C)c1-c1cc(C(O)(c2ccccn2)c2cc3ccccc3o2)c2nc(C3CC3)[nH]c2c1.[CH2-]CCC.[Li+]. The van der Waals surface area contributed by atoms with Gasteiger partial charge in [0.25, 0.3) is 0 Å². The molecule has 3 fully saturated rings. The minimum absolute atomic E-state index is 0. The average molecular weight is 1280 g/mol. The molecule has 3 aliphatic rings. The second kappa shape index (κ2) is 28.1. The van der Waals surface area contributed by atoms with Gasteiger partial charge in [-0.15, -0.1) is 0 Å². The van der Waals surface area contributed by atoms with Crippen LogP contribution >= 0.6 is 15.9 Å². The van der Waals surface area contributed by atoms with E-state index in [-0.39, 0.29) is 30.6 Å². The first kappa shape index (κ1) is 65.7. The Morgan fingerprint density at radius 3 is 1.86 bits per heavy atom. The summed E-state index contributed by atoms with van der Waals surface area (Å²) in [5.74, 6) is 3.59. The Kier molecular flexibility index (Phi) is 20.3. The van der Waals surface area contributed by atoms with Gasteiger partial charge in [-0.1, -0.05) is 72.2 Å². The Labute approximate surface area is 549 Å². The van der Waals surface area contributed by atoms with Crippen molar-refractivity contribution in [1.82, 2.24) is 39.8 Å². The van der Waals surface area contributed by atoms with Crippen molar-refractivity contribution in [3.63, 3.8) is 0 Å². The van der Waals surface area contributed by atoms with Crippen molar-refractivity contribution in [2.24, 2.45) is 0 Å². The van der Waals surface area contributed by atoms with E-state index in [1.807, 2.05) is 139 Å². The minimum Gasteiger partial charge on any atom is -0.457 e. The standard InChI is InChI=1S/C29H24N4O3.C26H26N4O4.C8H5BrO.C5H10O.C4H9.Li/c1-16-26(17(2)36-33-16)20-13-21(27-22(14-20)31-28(32-27)18-10-11-18)29(34,24-9-5-6-12-30-24)25-15-19-7-3-4-8-23(19)35-25;1-14-21(15(2)34-29-14)17-12-18(23(31)19-8-6-7-11-27-19)22-20(13-17)30(24(28-22)16-9-10-16)25(32)33-26(3,4)5;9-8-5-6-3-1-2-4-7(6)10-8;1-5-3-2-4-6-5;1-3-4-2;/h3-9,12-15,18,34H,10-11H2,1-2H3,(H,31,32);6-8,11-13,16H,9-10H2,1-5H3;1-5H;5H,2-4H2,1H3;1,3-4H2,2H3;/q;;;;-1;+1. The van der Waals surface area contributed by atoms with Crippen molar-refractivity contribution in [3.8, 4) is 22.3 Å². The van der Waals surface area contributed by atoms with Gasteiger partial charge in [0.2, 0.25) is 5.78 Å². The Balaban J connectivity index is 0.000000152. The third kappa shape index (κ3) is 14.6. The molecular weight excluding hydrogens is 1210 g/mol. The number of ether oxygens (including phenoxy) is 2. The van der Waals surface area contributed by atoms with Crippen molar-refractivity contribution in [1.29, 1.82) is 0 Å². The van der Waals surface area contributed by atoms with Gasteiger partial charge in [0.1, 0.15) is 56.9 Å². The molecule has 8 aromatic heterocycles. The maximum absolute atomic E-state index is 13.6. The molecule has 4 aromatic carbocycles. The summed E-state index contributed by atoms with van der Waals surface area (Å²) in [6, 6.07) is 37.9. The number of aromatic nitrogens is 8. The van der Waals surface area contributed by atoms with E-state index in [1.54, 1.807) is 36.7 Å². The molecule has 1 saturated heterocycles. The average Bonchev–Trinajstić information content (AvgIpc) is 1.68. The van der Waals surface area contributed by atoms with Gasteiger partial charge in [-0.2, -0.15) is 6.42 Å². The predicted octanol–water partition coefficient (Wildman–Crippen LogP) is 14.7. The predicted molar refractivity (Wildman–Crippen MR) is 350 cm³/mol. The number of ketones is 1. The maximum Gasteiger partial charge on any atom is 1.00 e. The van der Waals surface area contributed by atoms with Crippen LogP contribution in [-0.2, 0) is 15.1 Å². The first-order valence-corrected chi connectivity index (χ1v) is 31.5. The number of aromatic amines is 1. The Morgan fingerprint density at radius 1 is 0.736 bits per heavy atom. The van der Waals surface area contributed by atoms with Crippen molar-refractivity contribution >= 4 is 71.8 Å². The number of furan rings is 2. The molecule has 2 saturated carbocycles. The number of unbranched alkanes of at least 4 members (excludes halogenated alkanes) is 1. The summed E-state index contributed by atoms with van der Waals surface area (Å²) in [5.41, 5.74) is 8.24. The summed E-state index contributed by atoms with van der Waals surface area (Å²) in [6.45, 7) is 21.8. The van der Waals surface area contributed by atoms with Crippen LogP contribution in [0.25, 0.3) is 66.3 Å². The number of nitrogens with one attached hydrogen (secondary N) is 1. The fourth-order valence-corrected chi connectivity index (χ4v) is 11.4. The van der Waals surface area contributed by atoms with Crippen LogP contribution in [0.4, 0.5) is 4.79 Å². The van der Waals surface area contributed by atoms with E-state index in [0.717, 1.165) is 99.0 Å². The second-order valence-corrected chi connectivity index (χ2v) is 24.8. The number of pyridine rings is 2. The van der Waals surface area contributed by atoms with Crippen LogP contribution in [0.1, 0.15) is 165 Å². The number of imidazole rings is 2. The van der Waals surface area contributed by atoms with Crippen LogP contribution in [0.5, 0.6) is 0 Å². The zero-order valence-corrected chi connectivity index (χ0v) is 54.8. The Morgan fingerprint density at radius 2 is 1.34 bits per heavy atom. The second-order valence-electron chi connectivity index (χ2n) is 24.0. The number of carbonyl (C=O) groups excluding carboxylic acids is 2. The number of fused-ring (bicyclic) bond motifs is 4. The molecule has 19 heteroatoms. The molecular formula is C72H74BrLiN8O9. The summed E-state index contributed by atoms with van der Waals surface area (Å²) in [4.78, 5) is 49.1. The van der Waals surface area contributed by atoms with Gasteiger partial charge in [0, 0.05) is 58.3 Å². The van der Waals surface area contributed by atoms with Crippen LogP contribution in [-0.4, -0.2) is 75.1 Å². The van der Waals surface area contributed by atoms with Crippen LogP contribution in [0.15, 0.2) is 156 Å². The van der Waals surface area contributed by atoms with E-state index in [9.17, 15) is 14.7 Å². The topological polar surface area (TPSA) is 223 Å². The molecule has 2 atom stereocenters. The monoisotopic (exact) mass is 1280 g/mol. The quantitative estimate of drug-likeness (QED) is 0.0738. The summed E-state index contributed by atoms with van der Waals surface area (Å²) >= 11 is 3.26. The molecule has 2 aliphatic carbocycles. The number of aryl methyl sites for hydroxylation is 4. The molecule has 0 bridgehead atoms. The number of para-hydroxylation sites is 2. The number of benzene rings is 4. The van der Waals surface area contributed by atoms with Crippen LogP contribution < -0.4 is 18.9 Å². The first-order chi connectivity index (χ1) is 43.3. The first-order valence-electron chi connectivity index (χ1n) is 30.7. The van der Waals surface area contributed by atoms with Gasteiger partial charge in [0.15, 0.2) is 10.3 Å². The number of carbonyl (C=O) groups is 2. The van der Waals surface area contributed by atoms with E-state index in [1.165, 1.54) is 23.8 Å². The van der Waals surface area contributed by atoms with E-state index < -0.39 is 17.3 Å². The molecule has 15 rings (SSSR count). The molecule has 2 unspecified atom stereocenters. The number of nitrogens with zero attached hydrogens (tertiary/aromatic N) is 7. The third-order valence-corrected chi connectivity index (χ3v) is 16.2. The molecule has 464 valence electrons. The molecule has 91 heavy (non-hydrogen) atoms. The third-order valence-electron chi connectivity index (χ3n) is 15.8. The zero-order chi connectivity index (χ0) is 63.4. The molecule has 9 heterocycles. The van der Waals surface area contributed by atoms with Gasteiger partial charge < -0.3 is 44.4 Å². The number of halogens is 1. The van der Waals surface area contributed by atoms with Gasteiger partial charge in [-0.3, -0.25) is 14.8 Å². The number of hydrogen-bond acceptors (Lipinski definition) is 15. The molecule has 0 spiro atoms. The fraction of sp³-hybridized carbons (Fsp3) is 0.319. The molecule has 0 amide bonds. The van der Waals surface area contributed by atoms with Crippen molar-refractivity contribution in [2.45, 2.75) is 143 Å². The Hall–Kier alpha value is -8.24. The molecule has 2 N–H and O–H groups in total. The number of H-pyrrole nitrogens is 1. The van der Waals surface area contributed by atoms with Crippen LogP contribution in [0, 0.1) is 34.6 Å². The summed E-state index contributed by atoms with van der Waals surface area (Å²) in [7, 11) is 0.